The van der Waals surface area contributed by atoms with Crippen molar-refractivity contribution in [2.75, 3.05) is 31.6 Å². The molecule has 1 aromatic carbocycles. The number of carbonyl (C=O) groups excluding carboxylic acids is 2. The second kappa shape index (κ2) is 8.44. The van der Waals surface area contributed by atoms with E-state index in [1.54, 1.807) is 6.07 Å². The minimum Gasteiger partial charge on any atom is -0.446 e. The minimum atomic E-state index is -0.537. The maximum atomic E-state index is 12.2. The minimum absolute atomic E-state index is 0.0168. The third-order valence-electron chi connectivity index (χ3n) is 5.39. The number of benzene rings is 1. The van der Waals surface area contributed by atoms with Crippen molar-refractivity contribution >= 4 is 23.8 Å². The van der Waals surface area contributed by atoms with E-state index in [9.17, 15) is 9.59 Å². The van der Waals surface area contributed by atoms with Gasteiger partial charge in [0.2, 0.25) is 0 Å². The highest BCUT2D eigenvalue weighted by Gasteiger charge is 2.26. The van der Waals surface area contributed by atoms with Crippen molar-refractivity contribution in [3.63, 3.8) is 0 Å². The Kier molecular flexibility index (Phi) is 5.35. The molecule has 9 nitrogen and oxygen atoms in total. The Morgan fingerprint density at radius 3 is 2.87 bits per heavy atom. The van der Waals surface area contributed by atoms with E-state index in [4.69, 9.17) is 9.47 Å². The first-order chi connectivity index (χ1) is 15.2. The molecule has 0 bridgehead atoms. The van der Waals surface area contributed by atoms with E-state index in [1.165, 1.54) is 10.7 Å². The fourth-order valence-corrected chi connectivity index (χ4v) is 3.62. The third kappa shape index (κ3) is 4.42. The van der Waals surface area contributed by atoms with Gasteiger partial charge in [0, 0.05) is 31.3 Å². The highest BCUT2D eigenvalue weighted by molar-refractivity contribution is 5.88. The maximum Gasteiger partial charge on any atom is 0.413 e. The van der Waals surface area contributed by atoms with Crippen LogP contribution in [0.2, 0.25) is 0 Å². The smallest absolute Gasteiger partial charge is 0.413 e. The highest BCUT2D eigenvalue weighted by Crippen LogP contribution is 2.27. The molecule has 0 atom stereocenters. The van der Waals surface area contributed by atoms with Crippen LogP contribution in [0, 0.1) is 0 Å². The molecule has 1 N–H and O–H groups in total. The topological polar surface area (TPSA) is 98.1 Å². The molecule has 5 rings (SSSR count). The molecule has 1 amide bonds. The van der Waals surface area contributed by atoms with E-state index in [0.29, 0.717) is 29.0 Å². The summed E-state index contributed by atoms with van der Waals surface area (Å²) in [6, 6.07) is 9.86. The van der Waals surface area contributed by atoms with Crippen LogP contribution in [0.15, 0.2) is 36.5 Å². The summed E-state index contributed by atoms with van der Waals surface area (Å²) in [6.45, 7) is 4.14. The Labute approximate surface area is 179 Å². The van der Waals surface area contributed by atoms with Crippen LogP contribution in [0.3, 0.4) is 0 Å². The molecule has 0 spiro atoms. The summed E-state index contributed by atoms with van der Waals surface area (Å²) in [5, 5.41) is 6.95. The van der Waals surface area contributed by atoms with Crippen LogP contribution in [0.5, 0.6) is 0 Å². The van der Waals surface area contributed by atoms with Crippen molar-refractivity contribution in [1.82, 2.24) is 19.5 Å². The standard InChI is InChI=1S/C22H23N5O4/c28-14-17-12-23-27-20(25-22(29)31-18-4-5-18)11-19(24-21(17)27)16-3-1-2-15(10-16)13-26-6-8-30-9-7-26/h1-3,10-12,14,18H,4-9,13H2,(H,25,29). The molecule has 3 heterocycles. The number of ether oxygens (including phenoxy) is 2. The highest BCUT2D eigenvalue weighted by atomic mass is 16.6. The molecule has 1 saturated carbocycles. The van der Waals surface area contributed by atoms with Crippen LogP contribution in [0.1, 0.15) is 28.8 Å². The maximum absolute atomic E-state index is 12.2. The fourth-order valence-electron chi connectivity index (χ4n) is 3.62. The van der Waals surface area contributed by atoms with Crippen molar-refractivity contribution in [2.24, 2.45) is 0 Å². The molecule has 31 heavy (non-hydrogen) atoms. The molecule has 160 valence electrons. The number of nitrogens with zero attached hydrogens (tertiary/aromatic N) is 4. The predicted octanol–water partition coefficient (Wildman–Crippen LogP) is 2.75. The van der Waals surface area contributed by atoms with Gasteiger partial charge in [-0.05, 0) is 24.5 Å². The first-order valence-electron chi connectivity index (χ1n) is 10.4. The number of hydrogen-bond acceptors (Lipinski definition) is 7. The normalized spacial score (nSPS) is 16.9. The molecular formula is C22H23N5O4. The molecule has 3 aromatic rings. The molecule has 2 fully saturated rings. The second-order valence-corrected chi connectivity index (χ2v) is 7.80. The zero-order valence-electron chi connectivity index (χ0n) is 17.0. The van der Waals surface area contributed by atoms with E-state index in [-0.39, 0.29) is 6.10 Å². The van der Waals surface area contributed by atoms with Gasteiger partial charge in [-0.2, -0.15) is 9.61 Å². The van der Waals surface area contributed by atoms with Crippen LogP contribution in [0.25, 0.3) is 16.9 Å². The van der Waals surface area contributed by atoms with Crippen LogP contribution in [0.4, 0.5) is 10.6 Å². The summed E-state index contributed by atoms with van der Waals surface area (Å²) in [6.07, 6.45) is 3.36. The van der Waals surface area contributed by atoms with Gasteiger partial charge in [0.25, 0.3) is 0 Å². The van der Waals surface area contributed by atoms with Gasteiger partial charge in [-0.1, -0.05) is 18.2 Å². The number of anilines is 1. The van der Waals surface area contributed by atoms with Gasteiger partial charge in [-0.15, -0.1) is 0 Å². The Hall–Kier alpha value is -3.30. The molecule has 2 aromatic heterocycles. The van der Waals surface area contributed by atoms with Gasteiger partial charge in [0.1, 0.15) is 11.9 Å². The molecule has 2 aliphatic rings. The number of aromatic nitrogens is 3. The van der Waals surface area contributed by atoms with Gasteiger partial charge < -0.3 is 9.47 Å². The fraction of sp³-hybridized carbons (Fsp3) is 0.364. The Morgan fingerprint density at radius 1 is 1.26 bits per heavy atom. The zero-order valence-corrected chi connectivity index (χ0v) is 17.0. The Bertz CT molecular complexity index is 1120. The lowest BCUT2D eigenvalue weighted by atomic mass is 10.1. The first kappa shape index (κ1) is 19.7. The van der Waals surface area contributed by atoms with Crippen LogP contribution in [-0.4, -0.2) is 64.3 Å². The average molecular weight is 421 g/mol. The number of amides is 1. The molecule has 1 aliphatic carbocycles. The SMILES string of the molecule is O=Cc1cnn2c(NC(=O)OC3CC3)cc(-c3cccc(CN4CCOCC4)c3)nc12. The van der Waals surface area contributed by atoms with Gasteiger partial charge in [0.15, 0.2) is 11.9 Å². The number of morpholine rings is 1. The van der Waals surface area contributed by atoms with Crippen molar-refractivity contribution in [2.45, 2.75) is 25.5 Å². The van der Waals surface area contributed by atoms with Crippen LogP contribution >= 0.6 is 0 Å². The number of fused-ring (bicyclic) bond motifs is 1. The quantitative estimate of drug-likeness (QED) is 0.611. The van der Waals surface area contributed by atoms with E-state index in [1.807, 2.05) is 12.1 Å². The van der Waals surface area contributed by atoms with Gasteiger partial charge in [0.05, 0.1) is 30.7 Å². The number of hydrogen-bond donors (Lipinski definition) is 1. The summed E-state index contributed by atoms with van der Waals surface area (Å²) in [4.78, 5) is 30.7. The third-order valence-corrected chi connectivity index (χ3v) is 5.39. The zero-order chi connectivity index (χ0) is 21.2. The molecule has 0 radical (unpaired) electrons. The number of rotatable bonds is 6. The Balaban J connectivity index is 1.47. The summed E-state index contributed by atoms with van der Waals surface area (Å²) < 4.78 is 12.2. The first-order valence-corrected chi connectivity index (χ1v) is 10.4. The monoisotopic (exact) mass is 421 g/mol. The lowest BCUT2D eigenvalue weighted by molar-refractivity contribution is 0.0342. The summed E-state index contributed by atoms with van der Waals surface area (Å²) in [5.74, 6) is 0.400. The number of aldehydes is 1. The van der Waals surface area contributed by atoms with Gasteiger partial charge in [-0.25, -0.2) is 9.78 Å². The lowest BCUT2D eigenvalue weighted by Gasteiger charge is -2.26. The summed E-state index contributed by atoms with van der Waals surface area (Å²) in [7, 11) is 0. The van der Waals surface area contributed by atoms with E-state index >= 15 is 0 Å². The van der Waals surface area contributed by atoms with Crippen LogP contribution < -0.4 is 5.32 Å². The van der Waals surface area contributed by atoms with Gasteiger partial charge in [-0.3, -0.25) is 15.0 Å². The summed E-state index contributed by atoms with van der Waals surface area (Å²) >= 11 is 0. The number of nitrogens with one attached hydrogen (secondary N) is 1. The van der Waals surface area contributed by atoms with Gasteiger partial charge >= 0.3 is 6.09 Å². The van der Waals surface area contributed by atoms with Crippen molar-refractivity contribution in [3.05, 3.63) is 47.7 Å². The number of carbonyl (C=O) groups is 2. The molecule has 1 aliphatic heterocycles. The second-order valence-electron chi connectivity index (χ2n) is 7.80. The molecular weight excluding hydrogens is 398 g/mol. The van der Waals surface area contributed by atoms with E-state index < -0.39 is 6.09 Å². The Morgan fingerprint density at radius 2 is 2.10 bits per heavy atom. The van der Waals surface area contributed by atoms with E-state index in [2.05, 4.69) is 32.4 Å². The molecule has 9 heteroatoms. The lowest BCUT2D eigenvalue weighted by Crippen LogP contribution is -2.35. The van der Waals surface area contributed by atoms with Crippen molar-refractivity contribution in [1.29, 1.82) is 0 Å². The largest absolute Gasteiger partial charge is 0.446 e. The van der Waals surface area contributed by atoms with Crippen molar-refractivity contribution in [3.8, 4) is 11.3 Å². The van der Waals surface area contributed by atoms with Crippen molar-refractivity contribution < 1.29 is 19.1 Å². The predicted molar refractivity (Wildman–Crippen MR) is 113 cm³/mol. The van der Waals surface area contributed by atoms with Crippen LogP contribution in [-0.2, 0) is 16.0 Å². The summed E-state index contributed by atoms with van der Waals surface area (Å²) in [5.41, 5.74) is 3.43. The van der Waals surface area contributed by atoms with E-state index in [0.717, 1.165) is 56.8 Å². The molecule has 1 saturated heterocycles. The average Bonchev–Trinajstić information content (AvgIpc) is 3.49. The molecule has 0 unspecified atom stereocenters.